The van der Waals surface area contributed by atoms with E-state index in [-0.39, 0.29) is 11.9 Å². The third kappa shape index (κ3) is 3.66. The fourth-order valence-electron chi connectivity index (χ4n) is 3.46. The van der Waals surface area contributed by atoms with Gasteiger partial charge in [-0.05, 0) is 36.9 Å². The molecule has 0 saturated carbocycles. The van der Waals surface area contributed by atoms with Gasteiger partial charge in [0.1, 0.15) is 5.75 Å². The first kappa shape index (κ1) is 17.5. The summed E-state index contributed by atoms with van der Waals surface area (Å²) >= 11 is 9.90. The number of nitrogens with zero attached hydrogens (tertiary/aromatic N) is 1. The molecule has 0 bridgehead atoms. The molecule has 0 radical (unpaired) electrons. The van der Waals surface area contributed by atoms with E-state index in [2.05, 4.69) is 46.1 Å². The topological polar surface area (TPSA) is 29.5 Å². The van der Waals surface area contributed by atoms with Gasteiger partial charge >= 0.3 is 5.97 Å². The van der Waals surface area contributed by atoms with Crippen molar-refractivity contribution in [1.29, 1.82) is 0 Å². The number of carbonyl (C=O) groups is 1. The molecule has 0 aliphatic carbocycles. The summed E-state index contributed by atoms with van der Waals surface area (Å²) in [4.78, 5) is 13.8. The molecule has 0 spiro atoms. The van der Waals surface area contributed by atoms with Gasteiger partial charge in [-0.3, -0.25) is 4.79 Å². The number of benzene rings is 2. The third-order valence-corrected chi connectivity index (χ3v) is 5.39. The normalized spacial score (nSPS) is 21.0. The number of esters is 1. The number of hydrogen-bond donors (Lipinski definition) is 0. The lowest BCUT2D eigenvalue weighted by atomic mass is 9.83. The summed E-state index contributed by atoms with van der Waals surface area (Å²) in [5, 5.41) is 0.654. The molecule has 0 aromatic heterocycles. The number of halogens is 2. The van der Waals surface area contributed by atoms with Crippen LogP contribution in [0.3, 0.4) is 0 Å². The van der Waals surface area contributed by atoms with Crippen molar-refractivity contribution in [3.05, 3.63) is 63.1 Å². The zero-order chi connectivity index (χ0) is 17.3. The molecular weight excluding hydrogens is 390 g/mol. The van der Waals surface area contributed by atoms with Gasteiger partial charge in [0.2, 0.25) is 0 Å². The van der Waals surface area contributed by atoms with Gasteiger partial charge in [0.05, 0.1) is 0 Å². The van der Waals surface area contributed by atoms with E-state index in [0.717, 1.165) is 23.1 Å². The lowest BCUT2D eigenvalue weighted by molar-refractivity contribution is -0.131. The molecule has 2 aromatic carbocycles. The maximum Gasteiger partial charge on any atom is 0.308 e. The predicted octanol–water partition coefficient (Wildman–Crippen LogP) is 4.84. The van der Waals surface area contributed by atoms with Crippen molar-refractivity contribution in [2.45, 2.75) is 18.8 Å². The summed E-state index contributed by atoms with van der Waals surface area (Å²) in [7, 11) is 2.11. The van der Waals surface area contributed by atoms with Crippen molar-refractivity contribution in [3.8, 4) is 5.75 Å². The van der Waals surface area contributed by atoms with Crippen molar-refractivity contribution in [1.82, 2.24) is 4.90 Å². The molecule has 1 fully saturated rings. The average molecular weight is 409 g/mol. The summed E-state index contributed by atoms with van der Waals surface area (Å²) < 4.78 is 6.54. The summed E-state index contributed by atoms with van der Waals surface area (Å²) in [6, 6.07) is 13.8. The molecule has 1 aliphatic heterocycles. The molecule has 3 nitrogen and oxygen atoms in total. The fourth-order valence-corrected chi connectivity index (χ4v) is 4.22. The van der Waals surface area contributed by atoms with Crippen LogP contribution in [0.15, 0.2) is 46.9 Å². The van der Waals surface area contributed by atoms with Gasteiger partial charge in [-0.2, -0.15) is 0 Å². The molecule has 1 saturated heterocycles. The minimum atomic E-state index is -0.317. The Balaban J connectivity index is 2.05. The van der Waals surface area contributed by atoms with E-state index in [4.69, 9.17) is 16.3 Å². The van der Waals surface area contributed by atoms with Crippen LogP contribution in [-0.2, 0) is 4.79 Å². The molecule has 0 N–H and O–H groups in total. The van der Waals surface area contributed by atoms with E-state index >= 15 is 0 Å². The first-order valence-corrected chi connectivity index (χ1v) is 9.03. The smallest absolute Gasteiger partial charge is 0.308 e. The first-order valence-electron chi connectivity index (χ1n) is 7.86. The Morgan fingerprint density at radius 2 is 1.83 bits per heavy atom. The average Bonchev–Trinajstić information content (AvgIpc) is 2.90. The van der Waals surface area contributed by atoms with E-state index in [0.29, 0.717) is 16.7 Å². The SMILES string of the molecule is CC(=O)Oc1ccc(Cl)cc1[C@@H]1CN(C)C[C@H]1c1ccccc1Br. The molecule has 1 heterocycles. The summed E-state index contributed by atoms with van der Waals surface area (Å²) in [6.07, 6.45) is 0. The zero-order valence-electron chi connectivity index (χ0n) is 13.6. The second-order valence-corrected chi connectivity index (χ2v) is 7.52. The molecule has 126 valence electrons. The summed E-state index contributed by atoms with van der Waals surface area (Å²) in [6.45, 7) is 3.25. The quantitative estimate of drug-likeness (QED) is 0.537. The van der Waals surface area contributed by atoms with Gasteiger partial charge in [-0.1, -0.05) is 45.7 Å². The second kappa shape index (κ2) is 7.26. The van der Waals surface area contributed by atoms with Crippen molar-refractivity contribution < 1.29 is 9.53 Å². The van der Waals surface area contributed by atoms with E-state index in [1.807, 2.05) is 12.1 Å². The van der Waals surface area contributed by atoms with E-state index < -0.39 is 0 Å². The van der Waals surface area contributed by atoms with E-state index in [1.54, 1.807) is 12.1 Å². The van der Waals surface area contributed by atoms with Gasteiger partial charge in [-0.15, -0.1) is 0 Å². The van der Waals surface area contributed by atoms with Gasteiger partial charge < -0.3 is 9.64 Å². The number of rotatable bonds is 3. The Hall–Kier alpha value is -1.36. The van der Waals surface area contributed by atoms with Crippen molar-refractivity contribution in [2.75, 3.05) is 20.1 Å². The third-order valence-electron chi connectivity index (χ3n) is 4.43. The minimum absolute atomic E-state index is 0.210. The Morgan fingerprint density at radius 1 is 1.17 bits per heavy atom. The van der Waals surface area contributed by atoms with Crippen LogP contribution in [-0.4, -0.2) is 31.0 Å². The number of likely N-dealkylation sites (N-methyl/N-ethyl adjacent to an activating group) is 1. The Morgan fingerprint density at radius 3 is 2.50 bits per heavy atom. The molecule has 2 atom stereocenters. The van der Waals surface area contributed by atoms with Crippen molar-refractivity contribution >= 4 is 33.5 Å². The highest BCUT2D eigenvalue weighted by Crippen LogP contribution is 2.45. The zero-order valence-corrected chi connectivity index (χ0v) is 16.0. The summed E-state index contributed by atoms with van der Waals surface area (Å²) in [5.41, 5.74) is 2.25. The van der Waals surface area contributed by atoms with Crippen molar-refractivity contribution in [2.24, 2.45) is 0 Å². The Bertz CT molecular complexity index is 765. The molecule has 0 amide bonds. The van der Waals surface area contributed by atoms with Crippen LogP contribution in [0.2, 0.25) is 5.02 Å². The molecule has 1 aliphatic rings. The van der Waals surface area contributed by atoms with E-state index in [9.17, 15) is 4.79 Å². The van der Waals surface area contributed by atoms with Gasteiger partial charge in [-0.25, -0.2) is 0 Å². The molecule has 0 unspecified atom stereocenters. The maximum absolute atomic E-state index is 11.5. The largest absolute Gasteiger partial charge is 0.426 e. The van der Waals surface area contributed by atoms with Crippen LogP contribution in [0.5, 0.6) is 5.75 Å². The molecule has 2 aromatic rings. The van der Waals surface area contributed by atoms with E-state index in [1.165, 1.54) is 12.5 Å². The van der Waals surface area contributed by atoms with Crippen LogP contribution in [0.25, 0.3) is 0 Å². The summed E-state index contributed by atoms with van der Waals surface area (Å²) in [5.74, 6) is 0.798. The lowest BCUT2D eigenvalue weighted by Crippen LogP contribution is -2.14. The lowest BCUT2D eigenvalue weighted by Gasteiger charge is -2.22. The number of ether oxygens (including phenoxy) is 1. The number of hydrogen-bond acceptors (Lipinski definition) is 3. The second-order valence-electron chi connectivity index (χ2n) is 6.23. The minimum Gasteiger partial charge on any atom is -0.426 e. The Kier molecular flexibility index (Phi) is 5.28. The van der Waals surface area contributed by atoms with Crippen LogP contribution >= 0.6 is 27.5 Å². The highest BCUT2D eigenvalue weighted by molar-refractivity contribution is 9.10. The van der Waals surface area contributed by atoms with Gasteiger partial charge in [0, 0.05) is 46.9 Å². The molecular formula is C19H19BrClNO2. The first-order chi connectivity index (χ1) is 11.5. The van der Waals surface area contributed by atoms with Crippen LogP contribution < -0.4 is 4.74 Å². The van der Waals surface area contributed by atoms with Crippen LogP contribution in [0.1, 0.15) is 29.9 Å². The van der Waals surface area contributed by atoms with Crippen molar-refractivity contribution in [3.63, 3.8) is 0 Å². The number of likely N-dealkylation sites (tertiary alicyclic amines) is 1. The highest BCUT2D eigenvalue weighted by atomic mass is 79.9. The fraction of sp³-hybridized carbons (Fsp3) is 0.316. The van der Waals surface area contributed by atoms with Crippen LogP contribution in [0, 0.1) is 0 Å². The molecule has 3 rings (SSSR count). The highest BCUT2D eigenvalue weighted by Gasteiger charge is 2.36. The van der Waals surface area contributed by atoms with Gasteiger partial charge in [0.15, 0.2) is 0 Å². The van der Waals surface area contributed by atoms with Crippen LogP contribution in [0.4, 0.5) is 0 Å². The predicted molar refractivity (Wildman–Crippen MR) is 99.9 cm³/mol. The van der Waals surface area contributed by atoms with Gasteiger partial charge in [0.25, 0.3) is 0 Å². The standard InChI is InChI=1S/C19H19BrClNO2/c1-12(23)24-19-8-7-13(21)9-15(19)17-11-22(2)10-16(17)14-5-3-4-6-18(14)20/h3-9,16-17H,10-11H2,1-2H3/t16-,17-/m0/s1. The number of carbonyl (C=O) groups excluding carboxylic acids is 1. The molecule has 5 heteroatoms. The monoisotopic (exact) mass is 407 g/mol. The molecule has 24 heavy (non-hydrogen) atoms. The Labute approximate surface area is 155 Å². The maximum atomic E-state index is 11.5.